The van der Waals surface area contributed by atoms with E-state index in [1.165, 1.54) is 4.57 Å². The van der Waals surface area contributed by atoms with Crippen molar-refractivity contribution in [1.29, 1.82) is 0 Å². The van der Waals surface area contributed by atoms with Crippen LogP contribution < -0.4 is 16.8 Å². The topological polar surface area (TPSA) is 113 Å². The number of fused-ring (bicyclic) bond motifs is 2. The van der Waals surface area contributed by atoms with Gasteiger partial charge in [0.05, 0.1) is 16.6 Å². The van der Waals surface area contributed by atoms with E-state index < -0.39 is 5.76 Å². The largest absolute Gasteiger partial charge is 0.420 e. The zero-order chi connectivity index (χ0) is 16.7. The van der Waals surface area contributed by atoms with Crippen LogP contribution in [0.15, 0.2) is 56.5 Å². The highest BCUT2D eigenvalue weighted by Crippen LogP contribution is 2.15. The number of imidazole rings is 1. The van der Waals surface area contributed by atoms with Gasteiger partial charge in [0.2, 0.25) is 5.91 Å². The lowest BCUT2D eigenvalue weighted by molar-refractivity contribution is -0.116. The summed E-state index contributed by atoms with van der Waals surface area (Å²) < 4.78 is 6.36. The van der Waals surface area contributed by atoms with Gasteiger partial charge in [-0.05, 0) is 30.3 Å². The third-order valence-corrected chi connectivity index (χ3v) is 3.68. The molecule has 4 aromatic rings. The normalized spacial score (nSPS) is 11.2. The maximum atomic E-state index is 12.2. The second-order valence-corrected chi connectivity index (χ2v) is 5.31. The van der Waals surface area contributed by atoms with Gasteiger partial charge in [-0.2, -0.15) is 0 Å². The summed E-state index contributed by atoms with van der Waals surface area (Å²) in [5.41, 5.74) is 2.43. The van der Waals surface area contributed by atoms with Crippen molar-refractivity contribution in [3.05, 3.63) is 63.5 Å². The fourth-order valence-electron chi connectivity index (χ4n) is 2.62. The summed E-state index contributed by atoms with van der Waals surface area (Å²) in [6.07, 6.45) is 0. The van der Waals surface area contributed by atoms with Crippen molar-refractivity contribution in [3.8, 4) is 0 Å². The molecule has 0 atom stereocenters. The van der Waals surface area contributed by atoms with Gasteiger partial charge in [-0.15, -0.1) is 0 Å². The van der Waals surface area contributed by atoms with E-state index in [0.717, 1.165) is 0 Å². The number of anilines is 1. The number of para-hydroxylation sites is 2. The number of nitrogens with zero attached hydrogens (tertiary/aromatic N) is 1. The van der Waals surface area contributed by atoms with Gasteiger partial charge in [0.15, 0.2) is 5.58 Å². The number of hydrogen-bond donors (Lipinski definition) is 3. The molecule has 0 aliphatic rings. The van der Waals surface area contributed by atoms with Gasteiger partial charge < -0.3 is 19.7 Å². The molecule has 120 valence electrons. The molecule has 4 rings (SSSR count). The Kier molecular flexibility index (Phi) is 3.09. The molecule has 2 aromatic carbocycles. The number of carbonyl (C=O) groups excluding carboxylic acids is 1. The summed E-state index contributed by atoms with van der Waals surface area (Å²) >= 11 is 0. The van der Waals surface area contributed by atoms with Crippen LogP contribution in [0.25, 0.3) is 22.1 Å². The van der Waals surface area contributed by atoms with Gasteiger partial charge in [-0.1, -0.05) is 12.1 Å². The maximum Gasteiger partial charge on any atom is 0.420 e. The first-order chi connectivity index (χ1) is 11.6. The molecule has 0 saturated carbocycles. The van der Waals surface area contributed by atoms with Crippen molar-refractivity contribution in [2.45, 2.75) is 6.54 Å². The molecule has 0 spiro atoms. The van der Waals surface area contributed by atoms with Crippen LogP contribution in [0.5, 0.6) is 0 Å². The summed E-state index contributed by atoms with van der Waals surface area (Å²) in [5.74, 6) is -0.961. The molecule has 0 radical (unpaired) electrons. The molecule has 2 heterocycles. The van der Waals surface area contributed by atoms with Crippen molar-refractivity contribution in [1.82, 2.24) is 14.5 Å². The van der Waals surface area contributed by atoms with Gasteiger partial charge in [0, 0.05) is 5.69 Å². The maximum absolute atomic E-state index is 12.2. The van der Waals surface area contributed by atoms with Crippen molar-refractivity contribution >= 4 is 33.7 Å². The molecule has 1 amide bonds. The number of aromatic nitrogens is 3. The molecule has 0 saturated heterocycles. The van der Waals surface area contributed by atoms with Crippen LogP contribution in [0.2, 0.25) is 0 Å². The number of oxazole rings is 1. The van der Waals surface area contributed by atoms with Gasteiger partial charge >= 0.3 is 11.4 Å². The quantitative estimate of drug-likeness (QED) is 0.528. The molecule has 0 aliphatic heterocycles. The van der Waals surface area contributed by atoms with E-state index in [-0.39, 0.29) is 18.1 Å². The molecule has 24 heavy (non-hydrogen) atoms. The fourth-order valence-corrected chi connectivity index (χ4v) is 2.62. The molecule has 0 aliphatic carbocycles. The number of carbonyl (C=O) groups is 1. The summed E-state index contributed by atoms with van der Waals surface area (Å²) in [6.45, 7) is -0.169. The highest BCUT2D eigenvalue weighted by Gasteiger charge is 2.12. The Labute approximate surface area is 133 Å². The minimum atomic E-state index is -0.586. The Hall–Kier alpha value is -3.55. The molecular formula is C16H12N4O4. The van der Waals surface area contributed by atoms with E-state index >= 15 is 0 Å². The molecule has 3 N–H and O–H groups in total. The van der Waals surface area contributed by atoms with Crippen LogP contribution in [0, 0.1) is 0 Å². The number of nitrogens with one attached hydrogen (secondary N) is 3. The Morgan fingerprint density at radius 2 is 1.88 bits per heavy atom. The van der Waals surface area contributed by atoms with Crippen LogP contribution in [-0.4, -0.2) is 20.4 Å². The zero-order valence-electron chi connectivity index (χ0n) is 12.3. The van der Waals surface area contributed by atoms with E-state index in [9.17, 15) is 14.4 Å². The van der Waals surface area contributed by atoms with Crippen LogP contribution in [0.1, 0.15) is 0 Å². The van der Waals surface area contributed by atoms with Gasteiger partial charge in [-0.25, -0.2) is 9.59 Å². The van der Waals surface area contributed by atoms with Crippen molar-refractivity contribution in [2.75, 3.05) is 5.32 Å². The van der Waals surface area contributed by atoms with Crippen LogP contribution in [0.4, 0.5) is 5.69 Å². The number of rotatable bonds is 3. The SMILES string of the molecule is O=C(Cn1c(=O)oc2ccccc21)Nc1ccc2[nH]c(=O)[nH]c2c1. The van der Waals surface area contributed by atoms with Gasteiger partial charge in [0.1, 0.15) is 6.54 Å². The minimum Gasteiger partial charge on any atom is -0.408 e. The second kappa shape index (κ2) is 5.27. The number of aromatic amines is 2. The van der Waals surface area contributed by atoms with Crippen LogP contribution >= 0.6 is 0 Å². The Morgan fingerprint density at radius 3 is 2.75 bits per heavy atom. The number of hydrogen-bond acceptors (Lipinski definition) is 4. The Bertz CT molecular complexity index is 1180. The lowest BCUT2D eigenvalue weighted by atomic mass is 10.2. The first-order valence-corrected chi connectivity index (χ1v) is 7.20. The number of benzene rings is 2. The monoisotopic (exact) mass is 324 g/mol. The molecule has 0 bridgehead atoms. The average Bonchev–Trinajstić information content (AvgIpc) is 3.06. The van der Waals surface area contributed by atoms with Gasteiger partial charge in [0.25, 0.3) is 0 Å². The van der Waals surface area contributed by atoms with Gasteiger partial charge in [-0.3, -0.25) is 9.36 Å². The molecule has 0 unspecified atom stereocenters. The lowest BCUT2D eigenvalue weighted by Gasteiger charge is -2.05. The minimum absolute atomic E-state index is 0.169. The highest BCUT2D eigenvalue weighted by molar-refractivity contribution is 5.93. The Morgan fingerprint density at radius 1 is 1.08 bits per heavy atom. The lowest BCUT2D eigenvalue weighted by Crippen LogP contribution is -2.24. The molecule has 2 aromatic heterocycles. The summed E-state index contributed by atoms with van der Waals surface area (Å²) in [7, 11) is 0. The second-order valence-electron chi connectivity index (χ2n) is 5.31. The third-order valence-electron chi connectivity index (χ3n) is 3.68. The predicted octanol–water partition coefficient (Wildman–Crippen LogP) is 1.40. The summed E-state index contributed by atoms with van der Waals surface area (Å²) in [5, 5.41) is 2.70. The van der Waals surface area contributed by atoms with Crippen LogP contribution in [0.3, 0.4) is 0 Å². The average molecular weight is 324 g/mol. The van der Waals surface area contributed by atoms with E-state index in [0.29, 0.717) is 27.8 Å². The molecule has 8 heteroatoms. The molecule has 0 fully saturated rings. The summed E-state index contributed by atoms with van der Waals surface area (Å²) in [4.78, 5) is 40.6. The van der Waals surface area contributed by atoms with E-state index in [4.69, 9.17) is 4.42 Å². The standard InChI is InChI=1S/C16H12N4O4/c21-14(8-20-12-3-1-2-4-13(12)24-16(20)23)17-9-5-6-10-11(7-9)19-15(22)18-10/h1-7H,8H2,(H,17,21)(H2,18,19,22). The van der Waals surface area contributed by atoms with Crippen molar-refractivity contribution in [3.63, 3.8) is 0 Å². The highest BCUT2D eigenvalue weighted by atomic mass is 16.4. The van der Waals surface area contributed by atoms with E-state index in [1.807, 2.05) is 0 Å². The molecular weight excluding hydrogens is 312 g/mol. The first-order valence-electron chi connectivity index (χ1n) is 7.20. The molecule has 8 nitrogen and oxygen atoms in total. The van der Waals surface area contributed by atoms with Crippen molar-refractivity contribution < 1.29 is 9.21 Å². The Balaban J connectivity index is 1.60. The zero-order valence-corrected chi connectivity index (χ0v) is 12.3. The van der Waals surface area contributed by atoms with E-state index in [1.54, 1.807) is 42.5 Å². The van der Waals surface area contributed by atoms with E-state index in [2.05, 4.69) is 15.3 Å². The number of H-pyrrole nitrogens is 2. The third kappa shape index (κ3) is 2.39. The first kappa shape index (κ1) is 14.1. The predicted molar refractivity (Wildman–Crippen MR) is 88.0 cm³/mol. The van der Waals surface area contributed by atoms with Crippen LogP contribution in [-0.2, 0) is 11.3 Å². The summed E-state index contributed by atoms with van der Waals surface area (Å²) in [6, 6.07) is 11.9. The number of amides is 1. The smallest absolute Gasteiger partial charge is 0.408 e. The van der Waals surface area contributed by atoms with Crippen molar-refractivity contribution in [2.24, 2.45) is 0 Å². The fraction of sp³-hybridized carbons (Fsp3) is 0.0625.